The molecule has 3 nitrogen and oxygen atoms in total. The molecule has 2 N–H and O–H groups in total. The Morgan fingerprint density at radius 3 is 3.06 bits per heavy atom. The van der Waals surface area contributed by atoms with Crippen molar-refractivity contribution in [3.05, 3.63) is 18.2 Å². The van der Waals surface area contributed by atoms with Gasteiger partial charge in [0.05, 0.1) is 6.04 Å². The first-order chi connectivity index (χ1) is 8.61. The van der Waals surface area contributed by atoms with Crippen LogP contribution >= 0.6 is 0 Å². The van der Waals surface area contributed by atoms with Gasteiger partial charge in [-0.1, -0.05) is 6.92 Å². The number of rotatable bonds is 5. The van der Waals surface area contributed by atoms with Crippen molar-refractivity contribution in [3.8, 4) is 0 Å². The Morgan fingerprint density at radius 2 is 2.44 bits per heavy atom. The van der Waals surface area contributed by atoms with Gasteiger partial charge in [0.2, 0.25) is 5.92 Å². The lowest BCUT2D eigenvalue weighted by Crippen LogP contribution is -2.30. The highest BCUT2D eigenvalue weighted by molar-refractivity contribution is 4.97. The summed E-state index contributed by atoms with van der Waals surface area (Å²) in [5.41, 5.74) is 0. The van der Waals surface area contributed by atoms with Crippen LogP contribution in [0.25, 0.3) is 0 Å². The minimum Gasteiger partial charge on any atom is -0.347 e. The van der Waals surface area contributed by atoms with Gasteiger partial charge in [0.15, 0.2) is 0 Å². The van der Waals surface area contributed by atoms with E-state index in [-0.39, 0.29) is 24.8 Å². The molecule has 102 valence electrons. The first-order valence-electron chi connectivity index (χ1n) is 6.71. The van der Waals surface area contributed by atoms with E-state index < -0.39 is 5.92 Å². The number of imidazole rings is 1. The van der Waals surface area contributed by atoms with Gasteiger partial charge in [-0.05, 0) is 31.7 Å². The van der Waals surface area contributed by atoms with E-state index in [1.165, 1.54) is 0 Å². The molecule has 1 aliphatic carbocycles. The normalized spacial score (nSPS) is 24.9. The predicted molar refractivity (Wildman–Crippen MR) is 66.5 cm³/mol. The Bertz CT molecular complexity index is 351. The molecule has 0 saturated heterocycles. The Hall–Kier alpha value is -0.970. The summed E-state index contributed by atoms with van der Waals surface area (Å²) in [6.07, 6.45) is 5.82. The second-order valence-electron chi connectivity index (χ2n) is 5.14. The van der Waals surface area contributed by atoms with Gasteiger partial charge in [0.25, 0.3) is 0 Å². The molecule has 0 aromatic carbocycles. The summed E-state index contributed by atoms with van der Waals surface area (Å²) in [6, 6.07) is 0.0592. The zero-order valence-corrected chi connectivity index (χ0v) is 10.8. The van der Waals surface area contributed by atoms with Gasteiger partial charge in [0, 0.05) is 25.2 Å². The summed E-state index contributed by atoms with van der Waals surface area (Å²) in [7, 11) is 0. The fraction of sp³-hybridized carbons (Fsp3) is 0.769. The average Bonchev–Trinajstić information content (AvgIpc) is 2.80. The summed E-state index contributed by atoms with van der Waals surface area (Å²) in [5, 5.41) is 3.32. The van der Waals surface area contributed by atoms with E-state index in [1.807, 2.05) is 6.92 Å². The van der Waals surface area contributed by atoms with Crippen LogP contribution in [0.15, 0.2) is 12.4 Å². The third-order valence-corrected chi connectivity index (χ3v) is 3.61. The van der Waals surface area contributed by atoms with Crippen molar-refractivity contribution >= 4 is 0 Å². The molecule has 0 bridgehead atoms. The van der Waals surface area contributed by atoms with Gasteiger partial charge in [-0.3, -0.25) is 0 Å². The van der Waals surface area contributed by atoms with E-state index in [1.54, 1.807) is 12.4 Å². The molecule has 1 saturated carbocycles. The van der Waals surface area contributed by atoms with Gasteiger partial charge in [0.1, 0.15) is 5.82 Å². The van der Waals surface area contributed by atoms with Crippen molar-refractivity contribution in [2.45, 2.75) is 51.0 Å². The summed E-state index contributed by atoms with van der Waals surface area (Å²) in [4.78, 5) is 7.30. The van der Waals surface area contributed by atoms with Crippen molar-refractivity contribution in [1.82, 2.24) is 15.3 Å². The topological polar surface area (TPSA) is 40.7 Å². The zero-order chi connectivity index (χ0) is 13.0. The molecule has 1 aliphatic rings. The molecular weight excluding hydrogens is 236 g/mol. The maximum Gasteiger partial charge on any atom is 0.248 e. The summed E-state index contributed by atoms with van der Waals surface area (Å²) in [5.74, 6) is -1.53. The molecular formula is C13H21F2N3. The minimum atomic E-state index is -2.47. The van der Waals surface area contributed by atoms with Gasteiger partial charge in [-0.15, -0.1) is 0 Å². The number of alkyl halides is 2. The molecule has 2 atom stereocenters. The first-order valence-corrected chi connectivity index (χ1v) is 6.71. The minimum absolute atomic E-state index is 0.0234. The van der Waals surface area contributed by atoms with Crippen LogP contribution < -0.4 is 5.32 Å². The van der Waals surface area contributed by atoms with E-state index in [4.69, 9.17) is 0 Å². The summed E-state index contributed by atoms with van der Waals surface area (Å²) in [6.45, 7) is 2.83. The molecule has 1 aromatic heterocycles. The van der Waals surface area contributed by atoms with Crippen LogP contribution in [0.1, 0.15) is 50.9 Å². The number of hydrogen-bond donors (Lipinski definition) is 2. The molecule has 1 aromatic rings. The van der Waals surface area contributed by atoms with Crippen molar-refractivity contribution in [2.24, 2.45) is 5.92 Å². The van der Waals surface area contributed by atoms with Crippen LogP contribution in [0.3, 0.4) is 0 Å². The number of nitrogens with one attached hydrogen (secondary N) is 2. The van der Waals surface area contributed by atoms with E-state index in [2.05, 4.69) is 15.3 Å². The van der Waals surface area contributed by atoms with Crippen LogP contribution in [-0.4, -0.2) is 22.4 Å². The molecule has 18 heavy (non-hydrogen) atoms. The lowest BCUT2D eigenvalue weighted by atomic mass is 9.82. The monoisotopic (exact) mass is 257 g/mol. The molecule has 1 fully saturated rings. The molecule has 0 spiro atoms. The SMILES string of the molecule is CCNC(CC1CCCC(F)(F)C1)c1ncc[nH]1. The number of nitrogens with zero attached hydrogens (tertiary/aromatic N) is 1. The van der Waals surface area contributed by atoms with Gasteiger partial charge in [-0.25, -0.2) is 13.8 Å². The maximum absolute atomic E-state index is 13.4. The highest BCUT2D eigenvalue weighted by atomic mass is 19.3. The smallest absolute Gasteiger partial charge is 0.248 e. The summed E-state index contributed by atoms with van der Waals surface area (Å²) >= 11 is 0. The first kappa shape index (κ1) is 13.5. The van der Waals surface area contributed by atoms with E-state index in [9.17, 15) is 8.78 Å². The predicted octanol–water partition coefficient (Wildman–Crippen LogP) is 3.28. The second kappa shape index (κ2) is 5.78. The van der Waals surface area contributed by atoms with Crippen molar-refractivity contribution in [2.75, 3.05) is 6.54 Å². The highest BCUT2D eigenvalue weighted by Gasteiger charge is 2.37. The van der Waals surface area contributed by atoms with Crippen LogP contribution in [0.2, 0.25) is 0 Å². The van der Waals surface area contributed by atoms with Crippen LogP contribution in [-0.2, 0) is 0 Å². The standard InChI is InChI=1S/C13H21F2N3/c1-2-16-11(12-17-6-7-18-12)8-10-4-3-5-13(14,15)9-10/h6-7,10-11,16H,2-5,8-9H2,1H3,(H,17,18). The van der Waals surface area contributed by atoms with Gasteiger partial charge in [-0.2, -0.15) is 0 Å². The molecule has 1 heterocycles. The van der Waals surface area contributed by atoms with E-state index >= 15 is 0 Å². The van der Waals surface area contributed by atoms with Gasteiger partial charge < -0.3 is 10.3 Å². The molecule has 5 heteroatoms. The fourth-order valence-electron chi connectivity index (χ4n) is 2.82. The maximum atomic E-state index is 13.4. The van der Waals surface area contributed by atoms with E-state index in [0.29, 0.717) is 6.42 Å². The fourth-order valence-corrected chi connectivity index (χ4v) is 2.82. The van der Waals surface area contributed by atoms with Crippen LogP contribution in [0.5, 0.6) is 0 Å². The third kappa shape index (κ3) is 3.51. The van der Waals surface area contributed by atoms with Crippen LogP contribution in [0.4, 0.5) is 8.78 Å². The Balaban J connectivity index is 1.96. The lowest BCUT2D eigenvalue weighted by Gasteiger charge is -2.31. The number of hydrogen-bond acceptors (Lipinski definition) is 2. The lowest BCUT2D eigenvalue weighted by molar-refractivity contribution is -0.0549. The molecule has 0 aliphatic heterocycles. The molecule has 2 unspecified atom stereocenters. The highest BCUT2D eigenvalue weighted by Crippen LogP contribution is 2.39. The molecule has 0 radical (unpaired) electrons. The Labute approximate surface area is 106 Å². The number of aromatic nitrogens is 2. The van der Waals surface area contributed by atoms with Crippen molar-refractivity contribution in [3.63, 3.8) is 0 Å². The average molecular weight is 257 g/mol. The Morgan fingerprint density at radius 1 is 1.61 bits per heavy atom. The quantitative estimate of drug-likeness (QED) is 0.850. The zero-order valence-electron chi connectivity index (χ0n) is 10.8. The van der Waals surface area contributed by atoms with E-state index in [0.717, 1.165) is 25.2 Å². The van der Waals surface area contributed by atoms with Gasteiger partial charge >= 0.3 is 0 Å². The van der Waals surface area contributed by atoms with Crippen molar-refractivity contribution < 1.29 is 8.78 Å². The van der Waals surface area contributed by atoms with Crippen molar-refractivity contribution in [1.29, 1.82) is 0 Å². The second-order valence-corrected chi connectivity index (χ2v) is 5.14. The number of aromatic amines is 1. The number of halogens is 2. The van der Waals surface area contributed by atoms with Crippen LogP contribution in [0, 0.1) is 5.92 Å². The molecule has 2 rings (SSSR count). The number of H-pyrrole nitrogens is 1. The third-order valence-electron chi connectivity index (χ3n) is 3.61. The Kier molecular flexibility index (Phi) is 4.32. The molecule has 0 amide bonds. The summed E-state index contributed by atoms with van der Waals surface area (Å²) < 4.78 is 26.8. The largest absolute Gasteiger partial charge is 0.347 e.